The lowest BCUT2D eigenvalue weighted by Gasteiger charge is -2.13. The summed E-state index contributed by atoms with van der Waals surface area (Å²) < 4.78 is 20.2. The molecule has 0 spiro atoms. The number of ether oxygens (including phenoxy) is 1. The summed E-state index contributed by atoms with van der Waals surface area (Å²) in [6.07, 6.45) is 0. The molecule has 0 radical (unpaired) electrons. The number of carbonyl (C=O) groups is 1. The number of carbonyl (C=O) groups excluding carboxylic acids is 1. The highest BCUT2D eigenvalue weighted by atomic mass is 79.9. The molecular formula is C20H14BrFN2O2. The second-order valence-corrected chi connectivity index (χ2v) is 6.51. The van der Waals surface area contributed by atoms with E-state index in [-0.39, 0.29) is 12.2 Å². The Morgan fingerprint density at radius 1 is 1.15 bits per heavy atom. The molecule has 0 heterocycles. The monoisotopic (exact) mass is 412 g/mol. The summed E-state index contributed by atoms with van der Waals surface area (Å²) in [5.74, 6) is -0.508. The quantitative estimate of drug-likeness (QED) is 0.670. The Balaban J connectivity index is 1.64. The van der Waals surface area contributed by atoms with Gasteiger partial charge in [0.15, 0.2) is 6.61 Å². The summed E-state index contributed by atoms with van der Waals surface area (Å²) >= 11 is 3.42. The number of hydrogen-bond acceptors (Lipinski definition) is 3. The van der Waals surface area contributed by atoms with Gasteiger partial charge in [0, 0.05) is 10.0 Å². The summed E-state index contributed by atoms with van der Waals surface area (Å²) in [4.78, 5) is 12.1. The molecule has 0 saturated heterocycles. The zero-order valence-corrected chi connectivity index (χ0v) is 15.2. The van der Waals surface area contributed by atoms with Crippen LogP contribution in [-0.4, -0.2) is 12.5 Å². The Bertz CT molecular complexity index is 1000. The van der Waals surface area contributed by atoms with Gasteiger partial charge < -0.3 is 10.1 Å². The number of nitrogens with zero attached hydrogens (tertiary/aromatic N) is 1. The molecule has 0 bridgehead atoms. The van der Waals surface area contributed by atoms with E-state index >= 15 is 0 Å². The Morgan fingerprint density at radius 3 is 2.65 bits per heavy atom. The molecule has 0 aliphatic carbocycles. The predicted octanol–water partition coefficient (Wildman–Crippen LogP) is 4.50. The van der Waals surface area contributed by atoms with Gasteiger partial charge in [-0.05, 0) is 41.1 Å². The second-order valence-electron chi connectivity index (χ2n) is 5.59. The zero-order valence-electron chi connectivity index (χ0n) is 13.6. The van der Waals surface area contributed by atoms with Crippen LogP contribution >= 0.6 is 15.9 Å². The topological polar surface area (TPSA) is 62.1 Å². The minimum atomic E-state index is -1.07. The second kappa shape index (κ2) is 7.98. The highest BCUT2D eigenvalue weighted by Crippen LogP contribution is 2.24. The fourth-order valence-electron chi connectivity index (χ4n) is 2.52. The van der Waals surface area contributed by atoms with Crippen LogP contribution < -0.4 is 10.1 Å². The first-order chi connectivity index (χ1) is 12.6. The number of amides is 1. The molecule has 4 nitrogen and oxygen atoms in total. The van der Waals surface area contributed by atoms with Gasteiger partial charge in [-0.25, -0.2) is 4.39 Å². The third-order valence-electron chi connectivity index (χ3n) is 3.79. The van der Waals surface area contributed by atoms with Crippen LogP contribution in [0.5, 0.6) is 5.75 Å². The Hall–Kier alpha value is -2.91. The molecule has 3 aromatic rings. The fraction of sp³-hybridized carbons (Fsp3) is 0.100. The van der Waals surface area contributed by atoms with Gasteiger partial charge in [-0.15, -0.1) is 0 Å². The maximum absolute atomic E-state index is 13.8. The van der Waals surface area contributed by atoms with Crippen LogP contribution in [0, 0.1) is 17.1 Å². The van der Waals surface area contributed by atoms with Crippen molar-refractivity contribution in [3.8, 4) is 11.8 Å². The van der Waals surface area contributed by atoms with Crippen molar-refractivity contribution >= 4 is 32.6 Å². The number of hydrogen-bond donors (Lipinski definition) is 1. The van der Waals surface area contributed by atoms with E-state index < -0.39 is 17.8 Å². The summed E-state index contributed by atoms with van der Waals surface area (Å²) in [6.45, 7) is -0.269. The van der Waals surface area contributed by atoms with E-state index in [1.807, 2.05) is 36.4 Å². The summed E-state index contributed by atoms with van der Waals surface area (Å²) in [5.41, 5.74) is 0.125. The first-order valence-electron chi connectivity index (χ1n) is 7.82. The molecule has 6 heteroatoms. The average Bonchev–Trinajstić information content (AvgIpc) is 2.65. The van der Waals surface area contributed by atoms with E-state index in [2.05, 4.69) is 21.2 Å². The van der Waals surface area contributed by atoms with E-state index in [0.29, 0.717) is 5.75 Å². The Kier molecular flexibility index (Phi) is 5.49. The van der Waals surface area contributed by atoms with Crippen LogP contribution in [0.2, 0.25) is 0 Å². The first kappa shape index (κ1) is 17.9. The van der Waals surface area contributed by atoms with E-state index in [1.54, 1.807) is 12.1 Å². The lowest BCUT2D eigenvalue weighted by Crippen LogP contribution is -2.32. The van der Waals surface area contributed by atoms with Gasteiger partial charge in [0.2, 0.25) is 0 Å². The van der Waals surface area contributed by atoms with E-state index in [4.69, 9.17) is 4.74 Å². The molecule has 0 aliphatic heterocycles. The lowest BCUT2D eigenvalue weighted by molar-refractivity contribution is -0.123. The van der Waals surface area contributed by atoms with Crippen LogP contribution in [0.3, 0.4) is 0 Å². The normalized spacial score (nSPS) is 11.6. The number of fused-ring (bicyclic) bond motifs is 1. The smallest absolute Gasteiger partial charge is 0.259 e. The lowest BCUT2D eigenvalue weighted by atomic mass is 10.1. The number of nitriles is 1. The third kappa shape index (κ3) is 4.19. The van der Waals surface area contributed by atoms with E-state index in [9.17, 15) is 14.4 Å². The third-order valence-corrected chi connectivity index (χ3v) is 4.29. The minimum absolute atomic E-state index is 0.125. The average molecular weight is 413 g/mol. The van der Waals surface area contributed by atoms with Crippen molar-refractivity contribution in [2.45, 2.75) is 6.04 Å². The number of nitrogens with one attached hydrogen (secondary N) is 1. The Morgan fingerprint density at radius 2 is 1.88 bits per heavy atom. The molecular weight excluding hydrogens is 399 g/mol. The summed E-state index contributed by atoms with van der Waals surface area (Å²) in [6, 6.07) is 18.0. The van der Waals surface area contributed by atoms with Crippen LogP contribution in [-0.2, 0) is 4.79 Å². The zero-order chi connectivity index (χ0) is 18.5. The van der Waals surface area contributed by atoms with Crippen molar-refractivity contribution in [3.63, 3.8) is 0 Å². The SMILES string of the molecule is N#CC(NC(=O)COc1ccc2cc(Br)ccc2c1)c1ccccc1F. The largest absolute Gasteiger partial charge is 0.484 e. The molecule has 1 N–H and O–H groups in total. The molecule has 1 amide bonds. The van der Waals surface area contributed by atoms with Gasteiger partial charge in [0.05, 0.1) is 6.07 Å². The van der Waals surface area contributed by atoms with Crippen molar-refractivity contribution in [2.24, 2.45) is 0 Å². The highest BCUT2D eigenvalue weighted by molar-refractivity contribution is 9.10. The molecule has 0 fully saturated rings. The molecule has 0 saturated carbocycles. The molecule has 1 atom stereocenters. The van der Waals surface area contributed by atoms with Gasteiger partial charge in [0.1, 0.15) is 17.6 Å². The van der Waals surface area contributed by atoms with E-state index in [1.165, 1.54) is 18.2 Å². The first-order valence-corrected chi connectivity index (χ1v) is 8.61. The molecule has 3 rings (SSSR count). The summed E-state index contributed by atoms with van der Waals surface area (Å²) in [7, 11) is 0. The van der Waals surface area contributed by atoms with Crippen LogP contribution in [0.1, 0.15) is 11.6 Å². The Labute approximate surface area is 158 Å². The van der Waals surface area contributed by atoms with Gasteiger partial charge in [-0.2, -0.15) is 5.26 Å². The molecule has 1 unspecified atom stereocenters. The predicted molar refractivity (Wildman–Crippen MR) is 100 cm³/mol. The molecule has 0 aromatic heterocycles. The van der Waals surface area contributed by atoms with Crippen molar-refractivity contribution in [3.05, 3.63) is 76.5 Å². The molecule has 130 valence electrons. The van der Waals surface area contributed by atoms with Gasteiger partial charge in [-0.1, -0.05) is 46.3 Å². The fourth-order valence-corrected chi connectivity index (χ4v) is 2.90. The van der Waals surface area contributed by atoms with Gasteiger partial charge in [-0.3, -0.25) is 4.79 Å². The molecule has 3 aromatic carbocycles. The van der Waals surface area contributed by atoms with Crippen molar-refractivity contribution < 1.29 is 13.9 Å². The van der Waals surface area contributed by atoms with Crippen LogP contribution in [0.25, 0.3) is 10.8 Å². The maximum Gasteiger partial charge on any atom is 0.259 e. The number of benzene rings is 3. The molecule has 0 aliphatic rings. The van der Waals surface area contributed by atoms with Crippen molar-refractivity contribution in [1.29, 1.82) is 5.26 Å². The van der Waals surface area contributed by atoms with Gasteiger partial charge in [0.25, 0.3) is 5.91 Å². The van der Waals surface area contributed by atoms with Crippen LogP contribution in [0.4, 0.5) is 4.39 Å². The molecule has 26 heavy (non-hydrogen) atoms. The van der Waals surface area contributed by atoms with Crippen molar-refractivity contribution in [2.75, 3.05) is 6.61 Å². The number of halogens is 2. The standard InChI is InChI=1S/C20H14BrFN2O2/c21-15-7-5-14-10-16(8-6-13(14)9-15)26-12-20(25)24-19(11-23)17-3-1-2-4-18(17)22/h1-10,19H,12H2,(H,24,25). The van der Waals surface area contributed by atoms with E-state index in [0.717, 1.165) is 15.2 Å². The number of rotatable bonds is 5. The summed E-state index contributed by atoms with van der Waals surface area (Å²) in [5, 5.41) is 13.7. The van der Waals surface area contributed by atoms with Gasteiger partial charge >= 0.3 is 0 Å². The minimum Gasteiger partial charge on any atom is -0.484 e. The van der Waals surface area contributed by atoms with Crippen molar-refractivity contribution in [1.82, 2.24) is 5.32 Å². The maximum atomic E-state index is 13.8. The highest BCUT2D eigenvalue weighted by Gasteiger charge is 2.17. The van der Waals surface area contributed by atoms with Crippen LogP contribution in [0.15, 0.2) is 65.1 Å².